The highest BCUT2D eigenvalue weighted by molar-refractivity contribution is 4.92. The molecule has 0 aromatic heterocycles. The lowest BCUT2D eigenvalue weighted by Crippen LogP contribution is -2.27. The topological polar surface area (TPSA) is 12.0 Å². The molecule has 1 atom stereocenters. The van der Waals surface area contributed by atoms with E-state index in [1.165, 1.54) is 31.4 Å². The van der Waals surface area contributed by atoms with Crippen molar-refractivity contribution in [2.75, 3.05) is 0 Å². The molecule has 0 saturated heterocycles. The number of nitrogens with one attached hydrogen (secondary N) is 1. The van der Waals surface area contributed by atoms with Crippen molar-refractivity contribution in [3.05, 3.63) is 12.3 Å². The quantitative estimate of drug-likeness (QED) is 0.615. The minimum absolute atomic E-state index is 0.647. The van der Waals surface area contributed by atoms with Gasteiger partial charge in [-0.15, -0.1) is 0 Å². The monoisotopic (exact) mass is 169 g/mol. The molecular weight excluding hydrogens is 146 g/mol. The van der Waals surface area contributed by atoms with Crippen LogP contribution in [-0.2, 0) is 0 Å². The van der Waals surface area contributed by atoms with Crippen LogP contribution in [0.25, 0.3) is 0 Å². The lowest BCUT2D eigenvalue weighted by Gasteiger charge is -2.18. The Balaban J connectivity index is 3.61. The van der Waals surface area contributed by atoms with Crippen molar-refractivity contribution in [2.24, 2.45) is 0 Å². The van der Waals surface area contributed by atoms with E-state index in [9.17, 15) is 0 Å². The van der Waals surface area contributed by atoms with Gasteiger partial charge < -0.3 is 5.32 Å². The molecule has 1 N–H and O–H groups in total. The number of hydrogen-bond acceptors (Lipinski definition) is 1. The smallest absolute Gasteiger partial charge is 0.0255 e. The molecule has 0 bridgehead atoms. The molecule has 0 aliphatic carbocycles. The minimum atomic E-state index is 0.647. The Hall–Kier alpha value is -0.460. The predicted octanol–water partition coefficient (Wildman–Crippen LogP) is 3.47. The molecule has 1 nitrogen and oxygen atoms in total. The fraction of sp³-hybridized carbons (Fsp3) is 0.818. The Kier molecular flexibility index (Phi) is 6.93. The summed E-state index contributed by atoms with van der Waals surface area (Å²) in [6.07, 6.45) is 6.02. The van der Waals surface area contributed by atoms with E-state index >= 15 is 0 Å². The summed E-state index contributed by atoms with van der Waals surface area (Å²) in [5.41, 5.74) is 1.21. The highest BCUT2D eigenvalue weighted by Gasteiger charge is 2.03. The zero-order chi connectivity index (χ0) is 9.40. The van der Waals surface area contributed by atoms with Crippen LogP contribution in [-0.4, -0.2) is 6.04 Å². The summed E-state index contributed by atoms with van der Waals surface area (Å²) in [5.74, 6) is 0. The maximum atomic E-state index is 4.00. The molecule has 0 fully saturated rings. The number of allylic oxidation sites excluding steroid dienone is 1. The summed E-state index contributed by atoms with van der Waals surface area (Å²) in [7, 11) is 0. The fourth-order valence-electron chi connectivity index (χ4n) is 1.39. The van der Waals surface area contributed by atoms with E-state index in [1.807, 2.05) is 0 Å². The second-order valence-electron chi connectivity index (χ2n) is 3.39. The van der Waals surface area contributed by atoms with Crippen molar-refractivity contribution in [1.82, 2.24) is 5.32 Å². The lowest BCUT2D eigenvalue weighted by molar-refractivity contribution is 0.496. The highest BCUT2D eigenvalue weighted by atomic mass is 14.9. The van der Waals surface area contributed by atoms with Gasteiger partial charge in [0.05, 0.1) is 0 Å². The van der Waals surface area contributed by atoms with Gasteiger partial charge in [-0.2, -0.15) is 0 Å². The van der Waals surface area contributed by atoms with E-state index < -0.39 is 0 Å². The van der Waals surface area contributed by atoms with Crippen molar-refractivity contribution >= 4 is 0 Å². The molecule has 0 aromatic rings. The molecule has 0 amide bonds. The van der Waals surface area contributed by atoms with Gasteiger partial charge in [0.25, 0.3) is 0 Å². The molecule has 0 aromatic carbocycles. The van der Waals surface area contributed by atoms with Crippen LogP contribution in [0, 0.1) is 0 Å². The van der Waals surface area contributed by atoms with Crippen molar-refractivity contribution in [3.63, 3.8) is 0 Å². The first-order valence-corrected chi connectivity index (χ1v) is 5.18. The largest absolute Gasteiger partial charge is 0.386 e. The SMILES string of the molecule is C=C(CCC)N[C@H](CC)CCC. The summed E-state index contributed by atoms with van der Waals surface area (Å²) in [6, 6.07) is 0.647. The third-order valence-electron chi connectivity index (χ3n) is 2.09. The second kappa shape index (κ2) is 7.20. The van der Waals surface area contributed by atoms with Crippen LogP contribution in [0.1, 0.15) is 52.9 Å². The van der Waals surface area contributed by atoms with Gasteiger partial charge in [0.2, 0.25) is 0 Å². The molecule has 0 unspecified atom stereocenters. The molecule has 0 rings (SSSR count). The van der Waals surface area contributed by atoms with Crippen molar-refractivity contribution in [1.29, 1.82) is 0 Å². The second-order valence-corrected chi connectivity index (χ2v) is 3.39. The Bertz CT molecular complexity index is 118. The van der Waals surface area contributed by atoms with Gasteiger partial charge in [0, 0.05) is 11.7 Å². The lowest BCUT2D eigenvalue weighted by atomic mass is 10.1. The van der Waals surface area contributed by atoms with Gasteiger partial charge in [-0.3, -0.25) is 0 Å². The summed E-state index contributed by atoms with van der Waals surface area (Å²) >= 11 is 0. The third kappa shape index (κ3) is 5.22. The van der Waals surface area contributed by atoms with Gasteiger partial charge in [-0.1, -0.05) is 40.2 Å². The Morgan fingerprint density at radius 3 is 2.33 bits per heavy atom. The Morgan fingerprint density at radius 2 is 1.92 bits per heavy atom. The zero-order valence-electron chi connectivity index (χ0n) is 8.82. The van der Waals surface area contributed by atoms with Crippen LogP contribution < -0.4 is 5.32 Å². The van der Waals surface area contributed by atoms with Gasteiger partial charge in [-0.05, 0) is 19.3 Å². The van der Waals surface area contributed by atoms with Crippen molar-refractivity contribution in [2.45, 2.75) is 58.9 Å². The number of hydrogen-bond donors (Lipinski definition) is 1. The molecule has 0 spiro atoms. The van der Waals surface area contributed by atoms with E-state index in [0.29, 0.717) is 6.04 Å². The first-order chi connectivity index (χ1) is 5.74. The fourth-order valence-corrected chi connectivity index (χ4v) is 1.39. The molecule has 0 aliphatic rings. The van der Waals surface area contributed by atoms with Gasteiger partial charge in [-0.25, -0.2) is 0 Å². The van der Waals surface area contributed by atoms with E-state index in [-0.39, 0.29) is 0 Å². The van der Waals surface area contributed by atoms with Gasteiger partial charge in [0.1, 0.15) is 0 Å². The highest BCUT2D eigenvalue weighted by Crippen LogP contribution is 2.06. The van der Waals surface area contributed by atoms with E-state index in [1.54, 1.807) is 0 Å². The summed E-state index contributed by atoms with van der Waals surface area (Å²) in [5, 5.41) is 3.47. The molecule has 0 heterocycles. The average Bonchev–Trinajstić information content (AvgIpc) is 2.04. The van der Waals surface area contributed by atoms with Gasteiger partial charge in [0.15, 0.2) is 0 Å². The van der Waals surface area contributed by atoms with Crippen molar-refractivity contribution in [3.8, 4) is 0 Å². The maximum absolute atomic E-state index is 4.00. The standard InChI is InChI=1S/C11H23N/c1-5-8-10(4)12-11(7-3)9-6-2/h11-12H,4-9H2,1-3H3/t11-/m1/s1. The number of rotatable bonds is 7. The Morgan fingerprint density at radius 1 is 1.25 bits per heavy atom. The summed E-state index contributed by atoms with van der Waals surface area (Å²) in [6.45, 7) is 10.6. The molecular formula is C11H23N. The third-order valence-corrected chi connectivity index (χ3v) is 2.09. The minimum Gasteiger partial charge on any atom is -0.386 e. The summed E-state index contributed by atoms with van der Waals surface area (Å²) < 4.78 is 0. The van der Waals surface area contributed by atoms with Crippen molar-refractivity contribution < 1.29 is 0 Å². The Labute approximate surface area is 77.2 Å². The van der Waals surface area contributed by atoms with Crippen LogP contribution in [0.3, 0.4) is 0 Å². The zero-order valence-corrected chi connectivity index (χ0v) is 8.82. The van der Waals surface area contributed by atoms with Crippen LogP contribution in [0.2, 0.25) is 0 Å². The molecule has 72 valence electrons. The van der Waals surface area contributed by atoms with Crippen LogP contribution in [0.4, 0.5) is 0 Å². The van der Waals surface area contributed by atoms with E-state index in [4.69, 9.17) is 0 Å². The van der Waals surface area contributed by atoms with Crippen LogP contribution in [0.15, 0.2) is 12.3 Å². The molecule has 0 saturated carbocycles. The molecule has 0 radical (unpaired) electrons. The summed E-state index contributed by atoms with van der Waals surface area (Å²) in [4.78, 5) is 0. The van der Waals surface area contributed by atoms with Crippen LogP contribution in [0.5, 0.6) is 0 Å². The average molecular weight is 169 g/mol. The first kappa shape index (κ1) is 11.5. The van der Waals surface area contributed by atoms with E-state index in [0.717, 1.165) is 6.42 Å². The molecule has 0 aliphatic heterocycles. The first-order valence-electron chi connectivity index (χ1n) is 5.18. The van der Waals surface area contributed by atoms with E-state index in [2.05, 4.69) is 32.7 Å². The molecule has 1 heteroatoms. The maximum Gasteiger partial charge on any atom is 0.0255 e. The predicted molar refractivity (Wildman–Crippen MR) is 56.2 cm³/mol. The molecule has 12 heavy (non-hydrogen) atoms. The van der Waals surface area contributed by atoms with Gasteiger partial charge >= 0.3 is 0 Å². The van der Waals surface area contributed by atoms with Crippen LogP contribution >= 0.6 is 0 Å². The normalized spacial score (nSPS) is 12.6.